The third kappa shape index (κ3) is 5.49. The van der Waals surface area contributed by atoms with Gasteiger partial charge in [0.25, 0.3) is 0 Å². The summed E-state index contributed by atoms with van der Waals surface area (Å²) in [5.41, 5.74) is 6.15. The lowest BCUT2D eigenvalue weighted by Gasteiger charge is -2.14. The number of nitrogens with one attached hydrogen (secondary N) is 2. The van der Waals surface area contributed by atoms with E-state index in [-0.39, 0.29) is 16.4 Å². The first-order chi connectivity index (χ1) is 13.0. The molecule has 0 saturated heterocycles. The Labute approximate surface area is 166 Å². The van der Waals surface area contributed by atoms with E-state index in [0.717, 1.165) is 23.7 Å². The number of benzene rings is 1. The molecule has 0 spiro atoms. The van der Waals surface area contributed by atoms with Gasteiger partial charge in [-0.05, 0) is 31.0 Å². The number of primary amides is 1. The van der Waals surface area contributed by atoms with Gasteiger partial charge in [0.2, 0.25) is 5.91 Å². The highest BCUT2D eigenvalue weighted by atomic mass is 32.2. The Kier molecular flexibility index (Phi) is 6.73. The summed E-state index contributed by atoms with van der Waals surface area (Å²) in [7, 11) is -3.66. The zero-order valence-corrected chi connectivity index (χ0v) is 17.2. The molecule has 8 nitrogen and oxygen atoms in total. The number of anilines is 1. The molecule has 2 aromatic rings. The first kappa shape index (κ1) is 21.8. The molecule has 0 aliphatic heterocycles. The first-order valence-corrected chi connectivity index (χ1v) is 11.0. The van der Waals surface area contributed by atoms with Crippen molar-refractivity contribution in [3.05, 3.63) is 29.7 Å². The predicted molar refractivity (Wildman–Crippen MR) is 105 cm³/mol. The summed E-state index contributed by atoms with van der Waals surface area (Å²) in [5.74, 6) is -1.36. The Bertz CT molecular complexity index is 1000. The van der Waals surface area contributed by atoms with Crippen LogP contribution < -0.4 is 16.4 Å². The summed E-state index contributed by atoms with van der Waals surface area (Å²) >= 11 is 1.12. The zero-order valence-electron chi connectivity index (χ0n) is 15.6. The Morgan fingerprint density at radius 2 is 2.04 bits per heavy atom. The molecule has 0 bridgehead atoms. The number of aromatic nitrogens is 1. The normalized spacial score (nSPS) is 12.4. The van der Waals surface area contributed by atoms with E-state index in [1.807, 2.05) is 6.92 Å². The summed E-state index contributed by atoms with van der Waals surface area (Å²) in [5, 5.41) is 5.50. The molecule has 0 aliphatic rings. The van der Waals surface area contributed by atoms with Crippen LogP contribution in [0.4, 0.5) is 14.3 Å². The Morgan fingerprint density at radius 3 is 2.57 bits per heavy atom. The van der Waals surface area contributed by atoms with E-state index in [9.17, 15) is 22.4 Å². The van der Waals surface area contributed by atoms with Gasteiger partial charge in [0, 0.05) is 18.7 Å². The van der Waals surface area contributed by atoms with Crippen LogP contribution in [-0.2, 0) is 14.6 Å². The number of urea groups is 1. The topological polar surface area (TPSA) is 131 Å². The second kappa shape index (κ2) is 8.65. The molecule has 1 unspecified atom stereocenters. The highest BCUT2D eigenvalue weighted by molar-refractivity contribution is 7.90. The molecule has 1 aromatic heterocycles. The number of thiazole rings is 1. The van der Waals surface area contributed by atoms with E-state index >= 15 is 0 Å². The van der Waals surface area contributed by atoms with Crippen LogP contribution in [0.3, 0.4) is 0 Å². The molecule has 11 heteroatoms. The van der Waals surface area contributed by atoms with Gasteiger partial charge in [-0.1, -0.05) is 24.3 Å². The van der Waals surface area contributed by atoms with E-state index in [1.165, 1.54) is 12.1 Å². The fraction of sp³-hybridized carbons (Fsp3) is 0.353. The van der Waals surface area contributed by atoms with Crippen molar-refractivity contribution in [1.82, 2.24) is 10.3 Å². The van der Waals surface area contributed by atoms with Crippen molar-refractivity contribution in [3.8, 4) is 10.4 Å². The molecular weight excluding hydrogens is 407 g/mol. The largest absolute Gasteiger partial charge is 0.370 e. The number of halogens is 1. The maximum absolute atomic E-state index is 14.2. The van der Waals surface area contributed by atoms with E-state index in [0.29, 0.717) is 22.6 Å². The lowest BCUT2D eigenvalue weighted by molar-refractivity contribution is -0.118. The highest BCUT2D eigenvalue weighted by Gasteiger charge is 2.18. The van der Waals surface area contributed by atoms with Crippen molar-refractivity contribution in [2.75, 3.05) is 11.6 Å². The molecule has 0 fully saturated rings. The van der Waals surface area contributed by atoms with Crippen molar-refractivity contribution < 1.29 is 22.4 Å². The van der Waals surface area contributed by atoms with Gasteiger partial charge >= 0.3 is 6.03 Å². The molecule has 1 aromatic carbocycles. The average Bonchev–Trinajstić information content (AvgIpc) is 2.92. The molecule has 4 N–H and O–H groups in total. The van der Waals surface area contributed by atoms with Crippen LogP contribution in [0.25, 0.3) is 10.4 Å². The number of amides is 3. The number of hydrogen-bond acceptors (Lipinski definition) is 6. The van der Waals surface area contributed by atoms with Gasteiger partial charge in [-0.25, -0.2) is 22.6 Å². The Morgan fingerprint density at radius 1 is 1.36 bits per heavy atom. The van der Waals surface area contributed by atoms with Crippen LogP contribution in [0.5, 0.6) is 0 Å². The fourth-order valence-electron chi connectivity index (χ4n) is 2.52. The van der Waals surface area contributed by atoms with Gasteiger partial charge in [0.15, 0.2) is 15.0 Å². The SMILES string of the molecule is CCC(CC(N)=O)NC(=O)Nc1nc(C)c(-c2ccc(S(C)(=O)=O)c(F)c2)s1. The second-order valence-electron chi connectivity index (χ2n) is 6.22. The smallest absolute Gasteiger partial charge is 0.321 e. The third-order valence-electron chi connectivity index (χ3n) is 3.89. The number of sulfone groups is 1. The summed E-state index contributed by atoms with van der Waals surface area (Å²) in [6, 6.07) is 2.89. The van der Waals surface area contributed by atoms with Gasteiger partial charge in [0.1, 0.15) is 10.7 Å². The van der Waals surface area contributed by atoms with E-state index < -0.39 is 33.6 Å². The van der Waals surface area contributed by atoms with Gasteiger partial charge in [-0.3, -0.25) is 10.1 Å². The van der Waals surface area contributed by atoms with Crippen LogP contribution in [0.1, 0.15) is 25.5 Å². The van der Waals surface area contributed by atoms with Crippen LogP contribution in [-0.4, -0.2) is 37.6 Å². The van der Waals surface area contributed by atoms with Crippen LogP contribution in [0.15, 0.2) is 23.1 Å². The lowest BCUT2D eigenvalue weighted by atomic mass is 10.1. The molecule has 0 radical (unpaired) electrons. The molecule has 28 heavy (non-hydrogen) atoms. The predicted octanol–water partition coefficient (Wildman–Crippen LogP) is 2.44. The third-order valence-corrected chi connectivity index (χ3v) is 6.14. The number of rotatable bonds is 7. The molecular formula is C17H21FN4O4S2. The van der Waals surface area contributed by atoms with E-state index in [1.54, 1.807) is 6.92 Å². The van der Waals surface area contributed by atoms with Crippen LogP contribution in [0, 0.1) is 12.7 Å². The quantitative estimate of drug-likeness (QED) is 0.623. The van der Waals surface area contributed by atoms with Crippen LogP contribution in [0.2, 0.25) is 0 Å². The minimum atomic E-state index is -3.66. The van der Waals surface area contributed by atoms with Crippen molar-refractivity contribution in [2.24, 2.45) is 5.73 Å². The number of carbonyl (C=O) groups is 2. The summed E-state index contributed by atoms with van der Waals surface area (Å²) in [6.45, 7) is 3.51. The number of carbonyl (C=O) groups excluding carboxylic acids is 2. The van der Waals surface area contributed by atoms with E-state index in [2.05, 4.69) is 15.6 Å². The number of nitrogens with zero attached hydrogens (tertiary/aromatic N) is 1. The second-order valence-corrected chi connectivity index (χ2v) is 9.21. The average molecular weight is 429 g/mol. The van der Waals surface area contributed by atoms with E-state index in [4.69, 9.17) is 5.73 Å². The fourth-order valence-corrected chi connectivity index (χ4v) is 4.21. The minimum Gasteiger partial charge on any atom is -0.370 e. The first-order valence-electron chi connectivity index (χ1n) is 8.34. The van der Waals surface area contributed by atoms with Gasteiger partial charge in [-0.15, -0.1) is 0 Å². The number of aryl methyl sites for hydroxylation is 1. The molecule has 2 rings (SSSR count). The van der Waals surface area contributed by atoms with Crippen molar-refractivity contribution in [1.29, 1.82) is 0 Å². The molecule has 0 saturated carbocycles. The van der Waals surface area contributed by atoms with Crippen LogP contribution >= 0.6 is 11.3 Å². The van der Waals surface area contributed by atoms with Gasteiger partial charge in [0.05, 0.1) is 10.6 Å². The molecule has 1 atom stereocenters. The van der Waals surface area contributed by atoms with Crippen molar-refractivity contribution >= 4 is 38.2 Å². The van der Waals surface area contributed by atoms with Crippen molar-refractivity contribution in [3.63, 3.8) is 0 Å². The summed E-state index contributed by atoms with van der Waals surface area (Å²) in [6.07, 6.45) is 1.49. The monoisotopic (exact) mass is 428 g/mol. The minimum absolute atomic E-state index is 0.0258. The lowest BCUT2D eigenvalue weighted by Crippen LogP contribution is -2.39. The summed E-state index contributed by atoms with van der Waals surface area (Å²) < 4.78 is 37.2. The number of nitrogens with two attached hydrogens (primary N) is 1. The summed E-state index contributed by atoms with van der Waals surface area (Å²) in [4.78, 5) is 27.5. The Hall–Kier alpha value is -2.53. The number of hydrogen-bond donors (Lipinski definition) is 3. The zero-order chi connectivity index (χ0) is 21.1. The van der Waals surface area contributed by atoms with Gasteiger partial charge < -0.3 is 11.1 Å². The molecule has 3 amide bonds. The van der Waals surface area contributed by atoms with Crippen molar-refractivity contribution in [2.45, 2.75) is 37.6 Å². The highest BCUT2D eigenvalue weighted by Crippen LogP contribution is 2.34. The Balaban J connectivity index is 2.18. The maximum Gasteiger partial charge on any atom is 0.321 e. The molecule has 1 heterocycles. The van der Waals surface area contributed by atoms with Gasteiger partial charge in [-0.2, -0.15) is 0 Å². The maximum atomic E-state index is 14.2. The molecule has 0 aliphatic carbocycles. The standard InChI is InChI=1S/C17H21FN4O4S2/c1-4-11(8-14(19)23)21-16(24)22-17-20-9(2)15(27-17)10-5-6-13(12(18)7-10)28(3,25)26/h5-7,11H,4,8H2,1-3H3,(H2,19,23)(H2,20,21,22,24). The molecule has 152 valence electrons.